The zero-order valence-electron chi connectivity index (χ0n) is 19.6. The van der Waals surface area contributed by atoms with Gasteiger partial charge in [-0.1, -0.05) is 19.1 Å². The van der Waals surface area contributed by atoms with Crippen LogP contribution in [-0.2, 0) is 17.7 Å². The van der Waals surface area contributed by atoms with Gasteiger partial charge in [0.15, 0.2) is 6.61 Å². The number of ether oxygens (including phenoxy) is 2. The van der Waals surface area contributed by atoms with Crippen LogP contribution < -0.4 is 15.4 Å². The van der Waals surface area contributed by atoms with E-state index in [1.807, 2.05) is 13.1 Å². The number of benzene rings is 1. The minimum Gasteiger partial charge on any atom is -0.484 e. The Bertz CT molecular complexity index is 997. The largest absolute Gasteiger partial charge is 0.484 e. The number of carbonyl (C=O) groups excluding carboxylic acids is 1. The summed E-state index contributed by atoms with van der Waals surface area (Å²) in [5, 5.41) is 6.40. The van der Waals surface area contributed by atoms with Gasteiger partial charge in [0.25, 0.3) is 0 Å². The van der Waals surface area contributed by atoms with Crippen LogP contribution in [0.5, 0.6) is 5.75 Å². The second-order valence-corrected chi connectivity index (χ2v) is 8.75. The van der Waals surface area contributed by atoms with Crippen molar-refractivity contribution >= 4 is 12.0 Å². The van der Waals surface area contributed by atoms with E-state index in [2.05, 4.69) is 20.6 Å². The summed E-state index contributed by atoms with van der Waals surface area (Å²) in [6, 6.07) is 6.10. The molecule has 2 aromatic rings. The molecular formula is C24H30F3N5O3. The molecule has 190 valence electrons. The third-order valence-electron chi connectivity index (χ3n) is 6.18. The van der Waals surface area contributed by atoms with Crippen LogP contribution in [-0.4, -0.2) is 59.5 Å². The molecule has 1 atom stereocenters. The van der Waals surface area contributed by atoms with Crippen LogP contribution >= 0.6 is 0 Å². The van der Waals surface area contributed by atoms with Crippen molar-refractivity contribution in [2.45, 2.75) is 57.4 Å². The van der Waals surface area contributed by atoms with Crippen molar-refractivity contribution in [2.75, 3.05) is 31.7 Å². The minimum absolute atomic E-state index is 0.129. The number of halogens is 3. The lowest BCUT2D eigenvalue weighted by atomic mass is 10.0. The number of fused-ring (bicyclic) bond motifs is 1. The molecule has 2 aliphatic heterocycles. The molecule has 1 fully saturated rings. The average Bonchev–Trinajstić information content (AvgIpc) is 2.86. The third-order valence-corrected chi connectivity index (χ3v) is 6.18. The number of rotatable bonds is 7. The van der Waals surface area contributed by atoms with E-state index in [0.717, 1.165) is 42.9 Å². The van der Waals surface area contributed by atoms with Crippen molar-refractivity contribution < 1.29 is 27.4 Å². The summed E-state index contributed by atoms with van der Waals surface area (Å²) in [5.74, 6) is 0.696. The molecule has 0 unspecified atom stereocenters. The van der Waals surface area contributed by atoms with Crippen LogP contribution in [0.3, 0.4) is 0 Å². The van der Waals surface area contributed by atoms with E-state index in [0.29, 0.717) is 31.9 Å². The average molecular weight is 494 g/mol. The molecule has 0 aliphatic carbocycles. The fourth-order valence-electron chi connectivity index (χ4n) is 4.19. The summed E-state index contributed by atoms with van der Waals surface area (Å²) in [6.07, 6.45) is 0.545. The van der Waals surface area contributed by atoms with Gasteiger partial charge in [0, 0.05) is 32.0 Å². The van der Waals surface area contributed by atoms with Gasteiger partial charge in [-0.15, -0.1) is 0 Å². The number of amides is 2. The molecule has 0 bridgehead atoms. The van der Waals surface area contributed by atoms with Crippen molar-refractivity contribution in [3.8, 4) is 5.75 Å². The Kier molecular flexibility index (Phi) is 7.94. The highest BCUT2D eigenvalue weighted by molar-refractivity contribution is 5.75. The van der Waals surface area contributed by atoms with Crippen LogP contribution in [0.25, 0.3) is 0 Å². The lowest BCUT2D eigenvalue weighted by molar-refractivity contribution is -0.153. The highest BCUT2D eigenvalue weighted by Crippen LogP contribution is 2.24. The van der Waals surface area contributed by atoms with E-state index in [1.54, 1.807) is 17.0 Å². The zero-order chi connectivity index (χ0) is 24.8. The monoisotopic (exact) mass is 493 g/mol. The van der Waals surface area contributed by atoms with Gasteiger partial charge in [0.05, 0.1) is 18.3 Å². The first-order valence-corrected chi connectivity index (χ1v) is 11.8. The Balaban J connectivity index is 1.35. The maximum Gasteiger partial charge on any atom is 0.422 e. The molecule has 2 N–H and O–H groups in total. The molecule has 0 spiro atoms. The molecule has 1 aromatic heterocycles. The molecule has 11 heteroatoms. The number of aromatic nitrogens is 2. The number of nitrogens with one attached hydrogen (secondary N) is 2. The van der Waals surface area contributed by atoms with E-state index in [4.69, 9.17) is 9.47 Å². The Morgan fingerprint density at radius 2 is 2.00 bits per heavy atom. The highest BCUT2D eigenvalue weighted by atomic mass is 19.4. The van der Waals surface area contributed by atoms with Crippen molar-refractivity contribution in [1.82, 2.24) is 20.2 Å². The first-order valence-electron chi connectivity index (χ1n) is 11.8. The van der Waals surface area contributed by atoms with E-state index < -0.39 is 12.8 Å². The maximum atomic E-state index is 13.0. The van der Waals surface area contributed by atoms with Gasteiger partial charge in [-0.25, -0.2) is 14.8 Å². The Hall–Kier alpha value is -3.08. The van der Waals surface area contributed by atoms with Crippen LogP contribution in [0.2, 0.25) is 0 Å². The summed E-state index contributed by atoms with van der Waals surface area (Å²) < 4.78 is 47.2. The molecule has 1 aromatic carbocycles. The number of alkyl halides is 3. The van der Waals surface area contributed by atoms with Gasteiger partial charge in [0.1, 0.15) is 5.75 Å². The van der Waals surface area contributed by atoms with Crippen molar-refractivity contribution in [1.29, 1.82) is 0 Å². The molecule has 4 rings (SSSR count). The second kappa shape index (κ2) is 11.1. The van der Waals surface area contributed by atoms with Crippen LogP contribution in [0.4, 0.5) is 23.9 Å². The SMILES string of the molecule is CC[C@@H](NC(=O)N1CCc2cnc(NC3CCOCC3)nc2C1)c1ccc(OCC(F)(F)F)cc1. The predicted octanol–water partition coefficient (Wildman–Crippen LogP) is 4.23. The molecule has 0 radical (unpaired) electrons. The third kappa shape index (κ3) is 6.97. The number of hydrogen-bond donors (Lipinski definition) is 2. The van der Waals surface area contributed by atoms with Gasteiger partial charge in [0.2, 0.25) is 5.95 Å². The Labute approximate surface area is 202 Å². The molecular weight excluding hydrogens is 463 g/mol. The molecule has 2 aliphatic rings. The van der Waals surface area contributed by atoms with Crippen molar-refractivity contribution in [3.05, 3.63) is 47.3 Å². The van der Waals surface area contributed by atoms with Crippen LogP contribution in [0.15, 0.2) is 30.5 Å². The van der Waals surface area contributed by atoms with E-state index in [9.17, 15) is 18.0 Å². The molecule has 35 heavy (non-hydrogen) atoms. The van der Waals surface area contributed by atoms with Gasteiger partial charge in [-0.3, -0.25) is 0 Å². The number of carbonyl (C=O) groups is 1. The van der Waals surface area contributed by atoms with Crippen molar-refractivity contribution in [3.63, 3.8) is 0 Å². The summed E-state index contributed by atoms with van der Waals surface area (Å²) in [6.45, 7) is 2.97. The fraction of sp³-hybridized carbons (Fsp3) is 0.542. The second-order valence-electron chi connectivity index (χ2n) is 8.75. The summed E-state index contributed by atoms with van der Waals surface area (Å²) in [5.41, 5.74) is 2.66. The number of nitrogens with zero attached hydrogens (tertiary/aromatic N) is 3. The molecule has 1 saturated heterocycles. The standard InChI is InChI=1S/C24H30F3N5O3/c1-2-20(16-3-5-19(6-4-16)35-15-24(25,26)27)31-23(33)32-10-7-17-13-28-22(30-21(17)14-32)29-18-8-11-34-12-9-18/h3-6,13,18,20H,2,7-12,14-15H2,1H3,(H,31,33)(H,28,29,30)/t20-/m1/s1. The topological polar surface area (TPSA) is 88.6 Å². The zero-order valence-corrected chi connectivity index (χ0v) is 19.6. The van der Waals surface area contributed by atoms with E-state index >= 15 is 0 Å². The summed E-state index contributed by atoms with van der Waals surface area (Å²) in [4.78, 5) is 23.8. The van der Waals surface area contributed by atoms with Crippen LogP contribution in [0.1, 0.15) is 49.0 Å². The summed E-state index contributed by atoms with van der Waals surface area (Å²) in [7, 11) is 0. The molecule has 2 amide bonds. The lowest BCUT2D eigenvalue weighted by Gasteiger charge is -2.30. The predicted molar refractivity (Wildman–Crippen MR) is 123 cm³/mol. The molecule has 3 heterocycles. The van der Waals surface area contributed by atoms with Gasteiger partial charge < -0.3 is 25.0 Å². The maximum absolute atomic E-state index is 13.0. The highest BCUT2D eigenvalue weighted by Gasteiger charge is 2.28. The number of urea groups is 1. The number of hydrogen-bond acceptors (Lipinski definition) is 6. The Morgan fingerprint density at radius 1 is 1.26 bits per heavy atom. The van der Waals surface area contributed by atoms with Gasteiger partial charge in [-0.2, -0.15) is 13.2 Å². The first kappa shape index (κ1) is 25.0. The van der Waals surface area contributed by atoms with Gasteiger partial charge in [-0.05, 0) is 48.9 Å². The van der Waals surface area contributed by atoms with E-state index in [1.165, 1.54) is 12.1 Å². The minimum atomic E-state index is -4.39. The number of anilines is 1. The van der Waals surface area contributed by atoms with Crippen molar-refractivity contribution in [2.24, 2.45) is 0 Å². The Morgan fingerprint density at radius 3 is 2.69 bits per heavy atom. The van der Waals surface area contributed by atoms with E-state index in [-0.39, 0.29) is 23.9 Å². The van der Waals surface area contributed by atoms with Gasteiger partial charge >= 0.3 is 12.2 Å². The smallest absolute Gasteiger partial charge is 0.422 e. The molecule has 8 nitrogen and oxygen atoms in total. The fourth-order valence-corrected chi connectivity index (χ4v) is 4.19. The summed E-state index contributed by atoms with van der Waals surface area (Å²) >= 11 is 0. The quantitative estimate of drug-likeness (QED) is 0.600. The lowest BCUT2D eigenvalue weighted by Crippen LogP contribution is -2.44. The van der Waals surface area contributed by atoms with Crippen LogP contribution in [0, 0.1) is 0 Å². The normalized spacial score (nSPS) is 17.4. The molecule has 0 saturated carbocycles. The first-order chi connectivity index (χ1) is 16.8.